The first-order chi connectivity index (χ1) is 7.45. The highest BCUT2D eigenvalue weighted by Gasteiger charge is 2.22. The molecule has 0 radical (unpaired) electrons. The highest BCUT2D eigenvalue weighted by atomic mass is 14.9. The monoisotopic (exact) mass is 209 g/mol. The zero-order valence-electron chi connectivity index (χ0n) is 8.70. The van der Waals surface area contributed by atoms with Crippen molar-refractivity contribution in [3.8, 4) is 22.5 Å². The molecule has 78 valence electrons. The molecule has 4 rings (SSSR count). The van der Waals surface area contributed by atoms with Crippen molar-refractivity contribution in [2.45, 2.75) is 0 Å². The lowest BCUT2D eigenvalue weighted by atomic mass is 10.0. The molecule has 0 spiro atoms. The van der Waals surface area contributed by atoms with Gasteiger partial charge in [0.1, 0.15) is 0 Å². The van der Waals surface area contributed by atoms with Crippen LogP contribution in [0.5, 0.6) is 0 Å². The zero-order chi connectivity index (χ0) is 9.83. The molecule has 0 unspecified atom stereocenters. The molecule has 1 aliphatic rings. The normalized spacial score (nSPS) is 11.2. The molecule has 1 aliphatic carbocycles. The number of rotatable bonds is 0. The summed E-state index contributed by atoms with van der Waals surface area (Å²) in [4.78, 5) is 7.59. The summed E-state index contributed by atoms with van der Waals surface area (Å²) in [6, 6.07) is 12.8. The van der Waals surface area contributed by atoms with E-state index >= 15 is 0 Å². The van der Waals surface area contributed by atoms with E-state index in [0.717, 1.165) is 11.4 Å². The van der Waals surface area contributed by atoms with Crippen LogP contribution in [0.1, 0.15) is 0 Å². The van der Waals surface area contributed by atoms with Gasteiger partial charge in [-0.3, -0.25) is 0 Å². The second-order valence-electron chi connectivity index (χ2n) is 3.84. The molecular formula is C13H11N3. The molecule has 3 aromatic rings. The fourth-order valence-corrected chi connectivity index (χ4v) is 2.45. The number of hydrogen-bond acceptors (Lipinski definition) is 2. The molecule has 2 aromatic carbocycles. The molecule has 0 atom stereocenters. The van der Waals surface area contributed by atoms with Crippen LogP contribution in [0.25, 0.3) is 33.3 Å². The summed E-state index contributed by atoms with van der Waals surface area (Å²) in [6.45, 7) is 0. The lowest BCUT2D eigenvalue weighted by molar-refractivity contribution is 1.31. The molecule has 0 saturated carbocycles. The maximum Gasteiger partial charge on any atom is 0.0967 e. The number of fused-ring (bicyclic) bond motifs is 3. The summed E-state index contributed by atoms with van der Waals surface area (Å²) in [6.07, 6.45) is 1.76. The molecule has 16 heavy (non-hydrogen) atoms. The van der Waals surface area contributed by atoms with Crippen LogP contribution in [-0.2, 0) is 0 Å². The Hall–Kier alpha value is -2.13. The van der Waals surface area contributed by atoms with Crippen molar-refractivity contribution in [2.24, 2.45) is 0 Å². The molecule has 1 aromatic heterocycles. The van der Waals surface area contributed by atoms with Gasteiger partial charge in [-0.25, -0.2) is 4.98 Å². The zero-order valence-corrected chi connectivity index (χ0v) is 8.70. The molecule has 0 saturated heterocycles. The van der Waals surface area contributed by atoms with Crippen LogP contribution >= 0.6 is 0 Å². The molecule has 0 aliphatic heterocycles. The van der Waals surface area contributed by atoms with Gasteiger partial charge in [0.2, 0.25) is 0 Å². The van der Waals surface area contributed by atoms with E-state index in [1.807, 2.05) is 0 Å². The summed E-state index contributed by atoms with van der Waals surface area (Å²) >= 11 is 0. The summed E-state index contributed by atoms with van der Waals surface area (Å²) < 4.78 is 0. The Labute approximate surface area is 92.7 Å². The van der Waals surface area contributed by atoms with Crippen molar-refractivity contribution in [3.05, 3.63) is 42.7 Å². The van der Waals surface area contributed by atoms with Crippen LogP contribution in [0.3, 0.4) is 0 Å². The SMILES string of the molecule is N.c1cc2c3c(cccc3c1)-c1[nH]cnc1-2. The van der Waals surface area contributed by atoms with Crippen molar-refractivity contribution in [1.82, 2.24) is 16.1 Å². The quantitative estimate of drug-likeness (QED) is 0.466. The average molecular weight is 209 g/mol. The molecule has 0 bridgehead atoms. The van der Waals surface area contributed by atoms with Gasteiger partial charge in [-0.15, -0.1) is 0 Å². The number of nitrogens with one attached hydrogen (secondary N) is 1. The molecule has 1 heterocycles. The number of hydrogen-bond donors (Lipinski definition) is 2. The first kappa shape index (κ1) is 9.12. The maximum absolute atomic E-state index is 4.38. The van der Waals surface area contributed by atoms with E-state index in [1.54, 1.807) is 6.33 Å². The Morgan fingerprint density at radius 3 is 2.50 bits per heavy atom. The lowest BCUT2D eigenvalue weighted by Gasteiger charge is -2.00. The van der Waals surface area contributed by atoms with Crippen LogP contribution < -0.4 is 6.15 Å². The van der Waals surface area contributed by atoms with Crippen LogP contribution in [-0.4, -0.2) is 9.97 Å². The molecule has 4 N–H and O–H groups in total. The first-order valence-corrected chi connectivity index (χ1v) is 5.01. The number of aromatic nitrogens is 2. The fraction of sp³-hybridized carbons (Fsp3) is 0. The Bertz CT molecular complexity index is 629. The predicted molar refractivity (Wildman–Crippen MR) is 65.5 cm³/mol. The second-order valence-corrected chi connectivity index (χ2v) is 3.84. The van der Waals surface area contributed by atoms with E-state index in [-0.39, 0.29) is 6.15 Å². The summed E-state index contributed by atoms with van der Waals surface area (Å²) in [5, 5.41) is 2.62. The van der Waals surface area contributed by atoms with Crippen molar-refractivity contribution in [2.75, 3.05) is 0 Å². The summed E-state index contributed by atoms with van der Waals surface area (Å²) in [7, 11) is 0. The smallest absolute Gasteiger partial charge is 0.0967 e. The van der Waals surface area contributed by atoms with Gasteiger partial charge >= 0.3 is 0 Å². The third-order valence-electron chi connectivity index (χ3n) is 3.07. The predicted octanol–water partition coefficient (Wildman–Crippen LogP) is 3.37. The minimum Gasteiger partial charge on any atom is -0.344 e. The molecular weight excluding hydrogens is 198 g/mol. The van der Waals surface area contributed by atoms with Crippen LogP contribution in [0.2, 0.25) is 0 Å². The maximum atomic E-state index is 4.38. The minimum absolute atomic E-state index is 0. The van der Waals surface area contributed by atoms with E-state index in [1.165, 1.54) is 21.9 Å². The van der Waals surface area contributed by atoms with E-state index in [0.29, 0.717) is 0 Å². The van der Waals surface area contributed by atoms with Crippen LogP contribution in [0, 0.1) is 0 Å². The van der Waals surface area contributed by atoms with Crippen molar-refractivity contribution in [1.29, 1.82) is 0 Å². The lowest BCUT2D eigenvalue weighted by Crippen LogP contribution is -1.76. The standard InChI is InChI=1S/C13H8N2.H3N/c1-3-8-4-2-6-10-11(8)9(5-1)12-13(10)15-7-14-12;/h1-7H,(H,14,15);1H3. The Kier molecular flexibility index (Phi) is 1.67. The number of H-pyrrole nitrogens is 1. The van der Waals surface area contributed by atoms with Gasteiger partial charge in [0.05, 0.1) is 17.7 Å². The van der Waals surface area contributed by atoms with Gasteiger partial charge < -0.3 is 11.1 Å². The Morgan fingerprint density at radius 1 is 0.938 bits per heavy atom. The average Bonchev–Trinajstić information content (AvgIpc) is 2.84. The van der Waals surface area contributed by atoms with Gasteiger partial charge in [0.15, 0.2) is 0 Å². The molecule has 3 heteroatoms. The van der Waals surface area contributed by atoms with Gasteiger partial charge in [0, 0.05) is 16.5 Å². The molecule has 0 fully saturated rings. The number of benzene rings is 2. The molecule has 0 amide bonds. The van der Waals surface area contributed by atoms with Gasteiger partial charge in [-0.1, -0.05) is 36.4 Å². The topological polar surface area (TPSA) is 63.7 Å². The van der Waals surface area contributed by atoms with E-state index in [2.05, 4.69) is 46.4 Å². The van der Waals surface area contributed by atoms with Gasteiger partial charge in [-0.2, -0.15) is 0 Å². The number of nitrogens with zero attached hydrogens (tertiary/aromatic N) is 1. The highest BCUT2D eigenvalue weighted by Crippen LogP contribution is 2.44. The number of aromatic amines is 1. The fourth-order valence-electron chi connectivity index (χ4n) is 2.45. The van der Waals surface area contributed by atoms with Crippen molar-refractivity contribution >= 4 is 10.8 Å². The number of imidazole rings is 1. The Balaban J connectivity index is 0.000000810. The van der Waals surface area contributed by atoms with Gasteiger partial charge in [-0.05, 0) is 5.39 Å². The van der Waals surface area contributed by atoms with E-state index in [4.69, 9.17) is 0 Å². The first-order valence-electron chi connectivity index (χ1n) is 5.01. The largest absolute Gasteiger partial charge is 0.344 e. The van der Waals surface area contributed by atoms with E-state index in [9.17, 15) is 0 Å². The van der Waals surface area contributed by atoms with Crippen molar-refractivity contribution < 1.29 is 0 Å². The summed E-state index contributed by atoms with van der Waals surface area (Å²) in [5.41, 5.74) is 4.76. The van der Waals surface area contributed by atoms with Gasteiger partial charge in [0.25, 0.3) is 0 Å². The van der Waals surface area contributed by atoms with Crippen molar-refractivity contribution in [3.63, 3.8) is 0 Å². The third kappa shape index (κ3) is 0.882. The Morgan fingerprint density at radius 2 is 1.69 bits per heavy atom. The van der Waals surface area contributed by atoms with Crippen LogP contribution in [0.15, 0.2) is 42.7 Å². The minimum atomic E-state index is 0. The van der Waals surface area contributed by atoms with Crippen LogP contribution in [0.4, 0.5) is 0 Å². The second kappa shape index (κ2) is 2.93. The highest BCUT2D eigenvalue weighted by molar-refractivity contribution is 6.13. The van der Waals surface area contributed by atoms with E-state index < -0.39 is 0 Å². The molecule has 3 nitrogen and oxygen atoms in total. The third-order valence-corrected chi connectivity index (χ3v) is 3.07. The summed E-state index contributed by atoms with van der Waals surface area (Å²) in [5.74, 6) is 0.